The second-order valence-corrected chi connectivity index (χ2v) is 19.3. The first kappa shape index (κ1) is 33.4. The standard InChI is InChI=1S/C31H47N3O7SSi/c1-22(14-16-37-21-23(2)40-42(6,35)36)39-26-17-24(19-32-20-26)30-27-18-25(41-43(7,8)31(3,4)5)12-13-28(27)34(33-30)29-11-9-10-15-38-29/h12-13,17-20,22-23,29H,9-11,14-16,21H2,1-8H3. The largest absolute Gasteiger partial charge is 0.543 e. The van der Waals surface area contributed by atoms with Crippen molar-refractivity contribution in [1.29, 1.82) is 0 Å². The molecule has 0 amide bonds. The van der Waals surface area contributed by atoms with Crippen molar-refractivity contribution in [3.05, 3.63) is 36.7 Å². The van der Waals surface area contributed by atoms with Crippen molar-refractivity contribution in [3.63, 3.8) is 0 Å². The van der Waals surface area contributed by atoms with Crippen LogP contribution in [0.1, 0.15) is 66.5 Å². The van der Waals surface area contributed by atoms with Gasteiger partial charge in [0.25, 0.3) is 10.1 Å². The molecule has 10 nitrogen and oxygen atoms in total. The van der Waals surface area contributed by atoms with Gasteiger partial charge < -0.3 is 18.6 Å². The quantitative estimate of drug-likeness (QED) is 0.115. The van der Waals surface area contributed by atoms with Gasteiger partial charge >= 0.3 is 0 Å². The molecule has 2 aromatic heterocycles. The number of pyridine rings is 1. The Balaban J connectivity index is 1.54. The van der Waals surface area contributed by atoms with Crippen molar-refractivity contribution in [2.45, 2.75) is 96.9 Å². The predicted octanol–water partition coefficient (Wildman–Crippen LogP) is 6.72. The molecule has 1 aliphatic rings. The van der Waals surface area contributed by atoms with Gasteiger partial charge in [0.2, 0.25) is 8.32 Å². The molecule has 3 heterocycles. The Labute approximate surface area is 257 Å². The molecule has 43 heavy (non-hydrogen) atoms. The van der Waals surface area contributed by atoms with E-state index in [0.29, 0.717) is 18.8 Å². The molecular formula is C31H47N3O7SSi. The average Bonchev–Trinajstić information content (AvgIpc) is 3.29. The average molecular weight is 634 g/mol. The Bertz CT molecular complexity index is 1480. The minimum atomic E-state index is -3.51. The molecule has 12 heteroatoms. The summed E-state index contributed by atoms with van der Waals surface area (Å²) in [6.45, 7) is 16.1. The fourth-order valence-corrected chi connectivity index (χ4v) is 6.38. The number of hydrogen-bond acceptors (Lipinski definition) is 9. The van der Waals surface area contributed by atoms with Crippen LogP contribution in [0, 0.1) is 0 Å². The minimum Gasteiger partial charge on any atom is -0.543 e. The van der Waals surface area contributed by atoms with Crippen LogP contribution in [0.4, 0.5) is 0 Å². The van der Waals surface area contributed by atoms with Gasteiger partial charge in [0.15, 0.2) is 6.23 Å². The van der Waals surface area contributed by atoms with E-state index in [1.165, 1.54) is 0 Å². The van der Waals surface area contributed by atoms with Crippen LogP contribution < -0.4 is 9.16 Å². The zero-order valence-electron chi connectivity index (χ0n) is 26.8. The van der Waals surface area contributed by atoms with Crippen molar-refractivity contribution in [2.75, 3.05) is 26.1 Å². The van der Waals surface area contributed by atoms with E-state index in [0.717, 1.165) is 60.0 Å². The molecule has 4 rings (SSSR count). The second kappa shape index (κ2) is 13.6. The van der Waals surface area contributed by atoms with Gasteiger partial charge in [-0.1, -0.05) is 20.8 Å². The number of ether oxygens (including phenoxy) is 3. The molecule has 0 radical (unpaired) electrons. The summed E-state index contributed by atoms with van der Waals surface area (Å²) in [5.41, 5.74) is 2.64. The van der Waals surface area contributed by atoms with E-state index in [2.05, 4.69) is 51.0 Å². The maximum Gasteiger partial charge on any atom is 0.264 e. The molecule has 1 fully saturated rings. The highest BCUT2D eigenvalue weighted by Gasteiger charge is 2.39. The van der Waals surface area contributed by atoms with Crippen molar-refractivity contribution < 1.29 is 31.2 Å². The summed E-state index contributed by atoms with van der Waals surface area (Å²) >= 11 is 0. The van der Waals surface area contributed by atoms with E-state index in [1.807, 2.05) is 23.7 Å². The minimum absolute atomic E-state index is 0.0738. The second-order valence-electron chi connectivity index (χ2n) is 13.0. The molecule has 3 atom stereocenters. The normalized spacial score (nSPS) is 18.0. The third-order valence-electron chi connectivity index (χ3n) is 7.97. The summed E-state index contributed by atoms with van der Waals surface area (Å²) < 4.78 is 54.0. The number of fused-ring (bicyclic) bond motifs is 1. The molecule has 0 spiro atoms. The molecule has 0 N–H and O–H groups in total. The van der Waals surface area contributed by atoms with Crippen LogP contribution in [-0.2, 0) is 23.8 Å². The molecule has 0 bridgehead atoms. The van der Waals surface area contributed by atoms with Crippen molar-refractivity contribution in [1.82, 2.24) is 14.8 Å². The lowest BCUT2D eigenvalue weighted by atomic mass is 10.1. The van der Waals surface area contributed by atoms with Gasteiger partial charge in [-0.05, 0) is 75.5 Å². The van der Waals surface area contributed by atoms with Crippen LogP contribution in [0.2, 0.25) is 18.1 Å². The highest BCUT2D eigenvalue weighted by atomic mass is 32.2. The van der Waals surface area contributed by atoms with E-state index >= 15 is 0 Å². The van der Waals surface area contributed by atoms with Crippen LogP contribution in [-0.4, -0.2) is 69.8 Å². The van der Waals surface area contributed by atoms with Gasteiger partial charge in [-0.2, -0.15) is 13.5 Å². The van der Waals surface area contributed by atoms with Gasteiger partial charge in [-0.15, -0.1) is 0 Å². The summed E-state index contributed by atoms with van der Waals surface area (Å²) in [7, 11) is -5.55. The molecule has 1 aliphatic heterocycles. The molecule has 1 aromatic carbocycles. The SMILES string of the molecule is CC(CCOCC(C)OS(C)(=O)=O)Oc1cncc(-c2nn(C3CCCCO3)c3ccc(O[Si](C)(C)C(C)(C)C)cc23)c1. The lowest BCUT2D eigenvalue weighted by Crippen LogP contribution is -2.43. The summed E-state index contributed by atoms with van der Waals surface area (Å²) in [6.07, 6.45) is 7.40. The third kappa shape index (κ3) is 9.01. The van der Waals surface area contributed by atoms with Crippen LogP contribution in [0.3, 0.4) is 0 Å². The van der Waals surface area contributed by atoms with Crippen LogP contribution in [0.15, 0.2) is 36.7 Å². The van der Waals surface area contributed by atoms with E-state index in [-0.39, 0.29) is 24.0 Å². The maximum absolute atomic E-state index is 11.3. The molecule has 0 aliphatic carbocycles. The molecular weight excluding hydrogens is 587 g/mol. The van der Waals surface area contributed by atoms with E-state index < -0.39 is 24.5 Å². The van der Waals surface area contributed by atoms with Crippen LogP contribution >= 0.6 is 0 Å². The van der Waals surface area contributed by atoms with E-state index in [4.69, 9.17) is 27.9 Å². The van der Waals surface area contributed by atoms with Gasteiger partial charge in [0.1, 0.15) is 17.2 Å². The first-order valence-electron chi connectivity index (χ1n) is 15.0. The first-order chi connectivity index (χ1) is 20.1. The summed E-state index contributed by atoms with van der Waals surface area (Å²) in [5.74, 6) is 1.47. The Morgan fingerprint density at radius 2 is 1.86 bits per heavy atom. The highest BCUT2D eigenvalue weighted by Crippen LogP contribution is 2.40. The number of nitrogens with zero attached hydrogens (tertiary/aromatic N) is 3. The van der Waals surface area contributed by atoms with E-state index in [1.54, 1.807) is 19.3 Å². The number of rotatable bonds is 13. The molecule has 238 valence electrons. The molecule has 3 aromatic rings. The van der Waals surface area contributed by atoms with Gasteiger partial charge in [-0.25, -0.2) is 4.68 Å². The summed E-state index contributed by atoms with van der Waals surface area (Å²) in [6, 6.07) is 8.19. The number of aromatic nitrogens is 3. The molecule has 1 saturated heterocycles. The fourth-order valence-electron chi connectivity index (χ4n) is 4.71. The zero-order valence-corrected chi connectivity index (χ0v) is 28.6. The Kier molecular flexibility index (Phi) is 10.6. The van der Waals surface area contributed by atoms with Crippen LogP contribution in [0.25, 0.3) is 22.2 Å². The topological polar surface area (TPSA) is 111 Å². The number of benzene rings is 1. The van der Waals surface area contributed by atoms with Gasteiger partial charge in [0, 0.05) is 30.2 Å². The predicted molar refractivity (Wildman–Crippen MR) is 171 cm³/mol. The maximum atomic E-state index is 11.3. The van der Waals surface area contributed by atoms with Crippen molar-refractivity contribution in [3.8, 4) is 22.8 Å². The van der Waals surface area contributed by atoms with Gasteiger partial charge in [-0.3, -0.25) is 9.17 Å². The lowest BCUT2D eigenvalue weighted by molar-refractivity contribution is -0.0365. The monoisotopic (exact) mass is 633 g/mol. The van der Waals surface area contributed by atoms with Crippen molar-refractivity contribution in [2.24, 2.45) is 0 Å². The highest BCUT2D eigenvalue weighted by molar-refractivity contribution is 7.86. The Morgan fingerprint density at radius 3 is 2.53 bits per heavy atom. The van der Waals surface area contributed by atoms with Gasteiger partial charge in [0.05, 0.1) is 43.4 Å². The zero-order chi connectivity index (χ0) is 31.4. The summed E-state index contributed by atoms with van der Waals surface area (Å²) in [5, 5.41) is 6.13. The van der Waals surface area contributed by atoms with E-state index in [9.17, 15) is 8.42 Å². The fraction of sp³-hybridized carbons (Fsp3) is 0.613. The van der Waals surface area contributed by atoms with Crippen molar-refractivity contribution >= 4 is 29.3 Å². The molecule has 0 saturated carbocycles. The smallest absolute Gasteiger partial charge is 0.264 e. The first-order valence-corrected chi connectivity index (χ1v) is 19.8. The Hall–Kier alpha value is -2.51. The number of hydrogen-bond donors (Lipinski definition) is 0. The third-order valence-corrected chi connectivity index (χ3v) is 13.0. The lowest BCUT2D eigenvalue weighted by Gasteiger charge is -2.36. The Morgan fingerprint density at radius 1 is 1.09 bits per heavy atom. The molecule has 3 unspecified atom stereocenters. The van der Waals surface area contributed by atoms with Crippen LogP contribution in [0.5, 0.6) is 11.5 Å². The summed E-state index contributed by atoms with van der Waals surface area (Å²) in [4.78, 5) is 4.48.